The molecule has 0 aromatic heterocycles. The lowest BCUT2D eigenvalue weighted by Crippen LogP contribution is -2.16. The highest BCUT2D eigenvalue weighted by molar-refractivity contribution is 5.81. The van der Waals surface area contributed by atoms with Gasteiger partial charge in [0, 0.05) is 5.41 Å². The summed E-state index contributed by atoms with van der Waals surface area (Å²) in [4.78, 5) is 0. The van der Waals surface area contributed by atoms with Crippen molar-refractivity contribution in [2.75, 3.05) is 0 Å². The van der Waals surface area contributed by atoms with Crippen LogP contribution in [0, 0.1) is 0 Å². The SMILES string of the molecule is CC(C)=CC1=C(C)c2ccccc2C1(C)C. The average molecular weight is 212 g/mol. The first-order chi connectivity index (χ1) is 7.44. The molecule has 0 spiro atoms. The predicted molar refractivity (Wildman–Crippen MR) is 71.5 cm³/mol. The van der Waals surface area contributed by atoms with E-state index in [1.165, 1.54) is 27.8 Å². The normalized spacial score (nSPS) is 17.3. The van der Waals surface area contributed by atoms with Crippen LogP contribution in [0.5, 0.6) is 0 Å². The third-order valence-electron chi connectivity index (χ3n) is 3.51. The maximum absolute atomic E-state index is 2.33. The van der Waals surface area contributed by atoms with Crippen molar-refractivity contribution in [3.63, 3.8) is 0 Å². The van der Waals surface area contributed by atoms with Gasteiger partial charge in [0.25, 0.3) is 0 Å². The van der Waals surface area contributed by atoms with E-state index in [4.69, 9.17) is 0 Å². The molecule has 1 aromatic carbocycles. The summed E-state index contributed by atoms with van der Waals surface area (Å²) in [6, 6.07) is 8.76. The molecule has 0 aliphatic heterocycles. The van der Waals surface area contributed by atoms with Crippen molar-refractivity contribution in [2.24, 2.45) is 0 Å². The molecule has 0 amide bonds. The molecule has 0 atom stereocenters. The van der Waals surface area contributed by atoms with Crippen molar-refractivity contribution in [3.05, 3.63) is 52.6 Å². The van der Waals surface area contributed by atoms with Crippen molar-refractivity contribution in [3.8, 4) is 0 Å². The molecule has 0 unspecified atom stereocenters. The Morgan fingerprint density at radius 2 is 1.75 bits per heavy atom. The van der Waals surface area contributed by atoms with Crippen molar-refractivity contribution in [1.29, 1.82) is 0 Å². The van der Waals surface area contributed by atoms with Crippen LogP contribution in [0.2, 0.25) is 0 Å². The Labute approximate surface area is 98.7 Å². The lowest BCUT2D eigenvalue weighted by molar-refractivity contribution is 0.653. The first-order valence-corrected chi connectivity index (χ1v) is 5.90. The Morgan fingerprint density at radius 3 is 2.31 bits per heavy atom. The lowest BCUT2D eigenvalue weighted by atomic mass is 9.80. The Hall–Kier alpha value is -1.30. The second-order valence-corrected chi connectivity index (χ2v) is 5.43. The summed E-state index contributed by atoms with van der Waals surface area (Å²) in [6.45, 7) is 11.2. The van der Waals surface area contributed by atoms with E-state index in [0.29, 0.717) is 0 Å². The Balaban J connectivity index is 2.66. The molecule has 2 rings (SSSR count). The van der Waals surface area contributed by atoms with E-state index in [9.17, 15) is 0 Å². The van der Waals surface area contributed by atoms with Crippen molar-refractivity contribution < 1.29 is 0 Å². The fourth-order valence-electron chi connectivity index (χ4n) is 2.69. The summed E-state index contributed by atoms with van der Waals surface area (Å²) in [7, 11) is 0. The summed E-state index contributed by atoms with van der Waals surface area (Å²) < 4.78 is 0. The summed E-state index contributed by atoms with van der Waals surface area (Å²) >= 11 is 0. The minimum Gasteiger partial charge on any atom is -0.0761 e. The standard InChI is InChI=1S/C16H20/c1-11(2)10-15-12(3)13-8-6-7-9-14(13)16(15,4)5/h6-10H,1-5H3. The maximum Gasteiger partial charge on any atom is 0.0155 e. The van der Waals surface area contributed by atoms with E-state index >= 15 is 0 Å². The highest BCUT2D eigenvalue weighted by Crippen LogP contribution is 2.46. The lowest BCUT2D eigenvalue weighted by Gasteiger charge is -2.23. The molecule has 0 saturated carbocycles. The zero-order valence-electron chi connectivity index (χ0n) is 10.9. The van der Waals surface area contributed by atoms with Gasteiger partial charge in [0.2, 0.25) is 0 Å². The van der Waals surface area contributed by atoms with Gasteiger partial charge in [-0.05, 0) is 43.0 Å². The number of rotatable bonds is 1. The first-order valence-electron chi connectivity index (χ1n) is 5.90. The third kappa shape index (κ3) is 1.53. The van der Waals surface area contributed by atoms with E-state index in [-0.39, 0.29) is 5.41 Å². The van der Waals surface area contributed by atoms with Crippen LogP contribution >= 0.6 is 0 Å². The molecule has 0 heterocycles. The van der Waals surface area contributed by atoms with Gasteiger partial charge in [0.05, 0.1) is 0 Å². The van der Waals surface area contributed by atoms with Crippen molar-refractivity contribution in [2.45, 2.75) is 40.0 Å². The van der Waals surface area contributed by atoms with Crippen LogP contribution in [-0.4, -0.2) is 0 Å². The van der Waals surface area contributed by atoms with E-state index in [1.807, 2.05) is 0 Å². The van der Waals surface area contributed by atoms with Gasteiger partial charge >= 0.3 is 0 Å². The molecule has 0 fully saturated rings. The zero-order chi connectivity index (χ0) is 11.9. The molecule has 1 aromatic rings. The Morgan fingerprint density at radius 1 is 1.12 bits per heavy atom. The van der Waals surface area contributed by atoms with Gasteiger partial charge in [-0.1, -0.05) is 49.8 Å². The van der Waals surface area contributed by atoms with Crippen LogP contribution in [0.1, 0.15) is 45.7 Å². The number of fused-ring (bicyclic) bond motifs is 1. The van der Waals surface area contributed by atoms with Crippen LogP contribution in [0.3, 0.4) is 0 Å². The van der Waals surface area contributed by atoms with E-state index in [1.54, 1.807) is 0 Å². The zero-order valence-corrected chi connectivity index (χ0v) is 10.9. The largest absolute Gasteiger partial charge is 0.0761 e. The van der Waals surface area contributed by atoms with Gasteiger partial charge in [0.15, 0.2) is 0 Å². The molecule has 16 heavy (non-hydrogen) atoms. The summed E-state index contributed by atoms with van der Waals surface area (Å²) in [5, 5.41) is 0. The molecule has 0 radical (unpaired) electrons. The molecule has 1 aliphatic rings. The minimum atomic E-state index is 0.151. The molecule has 0 nitrogen and oxygen atoms in total. The summed E-state index contributed by atoms with van der Waals surface area (Å²) in [5.41, 5.74) is 7.29. The molecule has 1 aliphatic carbocycles. The molecule has 0 saturated heterocycles. The Bertz CT molecular complexity index is 481. The van der Waals surface area contributed by atoms with Crippen LogP contribution in [0.15, 0.2) is 41.5 Å². The van der Waals surface area contributed by atoms with E-state index in [2.05, 4.69) is 65.0 Å². The molecule has 84 valence electrons. The fraction of sp³-hybridized carbons (Fsp3) is 0.375. The number of hydrogen-bond acceptors (Lipinski definition) is 0. The second kappa shape index (κ2) is 3.62. The van der Waals surface area contributed by atoms with Crippen LogP contribution < -0.4 is 0 Å². The molecular formula is C16H20. The topological polar surface area (TPSA) is 0 Å². The molecule has 0 heteroatoms. The number of benzene rings is 1. The number of hydrogen-bond donors (Lipinski definition) is 0. The fourth-order valence-corrected chi connectivity index (χ4v) is 2.69. The van der Waals surface area contributed by atoms with Gasteiger partial charge in [-0.25, -0.2) is 0 Å². The van der Waals surface area contributed by atoms with Gasteiger partial charge < -0.3 is 0 Å². The predicted octanol–water partition coefficient (Wildman–Crippen LogP) is 4.72. The van der Waals surface area contributed by atoms with Crippen LogP contribution in [0.25, 0.3) is 5.57 Å². The average Bonchev–Trinajstić information content (AvgIpc) is 2.41. The first kappa shape index (κ1) is 11.2. The third-order valence-corrected chi connectivity index (χ3v) is 3.51. The quantitative estimate of drug-likeness (QED) is 0.632. The summed E-state index contributed by atoms with van der Waals surface area (Å²) in [5.74, 6) is 0. The van der Waals surface area contributed by atoms with Gasteiger partial charge in [0.1, 0.15) is 0 Å². The maximum atomic E-state index is 2.33. The highest BCUT2D eigenvalue weighted by atomic mass is 14.4. The monoisotopic (exact) mass is 212 g/mol. The minimum absolute atomic E-state index is 0.151. The van der Waals surface area contributed by atoms with E-state index in [0.717, 1.165) is 0 Å². The number of allylic oxidation sites excluding steroid dienone is 4. The second-order valence-electron chi connectivity index (χ2n) is 5.43. The van der Waals surface area contributed by atoms with Crippen LogP contribution in [-0.2, 0) is 5.41 Å². The summed E-state index contributed by atoms with van der Waals surface area (Å²) in [6.07, 6.45) is 2.33. The van der Waals surface area contributed by atoms with Gasteiger partial charge in [-0.15, -0.1) is 0 Å². The van der Waals surface area contributed by atoms with Gasteiger partial charge in [-0.2, -0.15) is 0 Å². The molecule has 0 bridgehead atoms. The van der Waals surface area contributed by atoms with E-state index < -0.39 is 0 Å². The highest BCUT2D eigenvalue weighted by Gasteiger charge is 2.34. The van der Waals surface area contributed by atoms with Crippen molar-refractivity contribution in [1.82, 2.24) is 0 Å². The van der Waals surface area contributed by atoms with Crippen LogP contribution in [0.4, 0.5) is 0 Å². The molecular weight excluding hydrogens is 192 g/mol. The molecule has 0 N–H and O–H groups in total. The van der Waals surface area contributed by atoms with Gasteiger partial charge in [-0.3, -0.25) is 0 Å². The Kier molecular flexibility index (Phi) is 2.53. The smallest absolute Gasteiger partial charge is 0.0155 e. The van der Waals surface area contributed by atoms with Crippen molar-refractivity contribution >= 4 is 5.57 Å².